The SMILES string of the molecule is Cc1csc(CC(=O)Cc2cc(F)ccc2Br)n1. The summed E-state index contributed by atoms with van der Waals surface area (Å²) >= 11 is 4.79. The Bertz CT molecular complexity index is 582. The summed E-state index contributed by atoms with van der Waals surface area (Å²) in [5, 5.41) is 2.73. The van der Waals surface area contributed by atoms with E-state index in [0.717, 1.165) is 15.2 Å². The Kier molecular flexibility index (Phi) is 4.24. The lowest BCUT2D eigenvalue weighted by Crippen LogP contribution is -2.07. The third kappa shape index (κ3) is 3.46. The van der Waals surface area contributed by atoms with Crippen molar-refractivity contribution in [3.63, 3.8) is 0 Å². The van der Waals surface area contributed by atoms with Crippen LogP contribution in [-0.4, -0.2) is 10.8 Å². The fraction of sp³-hybridized carbons (Fsp3) is 0.231. The maximum atomic E-state index is 13.1. The zero-order valence-corrected chi connectivity index (χ0v) is 12.1. The van der Waals surface area contributed by atoms with E-state index in [1.165, 1.54) is 23.5 Å². The van der Waals surface area contributed by atoms with Gasteiger partial charge in [-0.25, -0.2) is 9.37 Å². The summed E-state index contributed by atoms with van der Waals surface area (Å²) in [7, 11) is 0. The van der Waals surface area contributed by atoms with Crippen LogP contribution in [0.3, 0.4) is 0 Å². The predicted octanol–water partition coefficient (Wildman–Crippen LogP) is 3.71. The van der Waals surface area contributed by atoms with E-state index in [-0.39, 0.29) is 18.0 Å². The van der Waals surface area contributed by atoms with Gasteiger partial charge in [-0.1, -0.05) is 15.9 Å². The average molecular weight is 328 g/mol. The molecule has 5 heteroatoms. The van der Waals surface area contributed by atoms with Gasteiger partial charge in [-0.05, 0) is 30.7 Å². The van der Waals surface area contributed by atoms with Crippen molar-refractivity contribution in [2.75, 3.05) is 0 Å². The second-order valence-electron chi connectivity index (χ2n) is 4.01. The smallest absolute Gasteiger partial charge is 0.144 e. The summed E-state index contributed by atoms with van der Waals surface area (Å²) in [6.07, 6.45) is 0.526. The van der Waals surface area contributed by atoms with Crippen molar-refractivity contribution in [3.8, 4) is 0 Å². The number of Topliss-reactive ketones (excluding diaryl/α,β-unsaturated/α-hetero) is 1. The Morgan fingerprint density at radius 3 is 2.89 bits per heavy atom. The molecule has 0 aliphatic rings. The third-order valence-electron chi connectivity index (χ3n) is 2.41. The number of nitrogens with zero attached hydrogens (tertiary/aromatic N) is 1. The first-order valence-electron chi connectivity index (χ1n) is 5.41. The number of carbonyl (C=O) groups is 1. The van der Waals surface area contributed by atoms with Crippen LogP contribution >= 0.6 is 27.3 Å². The first kappa shape index (κ1) is 13.4. The zero-order valence-electron chi connectivity index (χ0n) is 9.74. The van der Waals surface area contributed by atoms with Gasteiger partial charge in [-0.2, -0.15) is 0 Å². The number of aromatic nitrogens is 1. The van der Waals surface area contributed by atoms with E-state index in [2.05, 4.69) is 20.9 Å². The number of rotatable bonds is 4. The fourth-order valence-electron chi connectivity index (χ4n) is 1.61. The lowest BCUT2D eigenvalue weighted by atomic mass is 10.1. The van der Waals surface area contributed by atoms with Gasteiger partial charge in [0.2, 0.25) is 0 Å². The first-order valence-corrected chi connectivity index (χ1v) is 7.08. The second-order valence-corrected chi connectivity index (χ2v) is 5.81. The Morgan fingerprint density at radius 2 is 2.22 bits per heavy atom. The van der Waals surface area contributed by atoms with Crippen LogP contribution in [-0.2, 0) is 17.6 Å². The molecule has 0 unspecified atom stereocenters. The highest BCUT2D eigenvalue weighted by molar-refractivity contribution is 9.10. The molecule has 0 saturated heterocycles. The molecule has 0 aliphatic carbocycles. The molecule has 0 amide bonds. The van der Waals surface area contributed by atoms with E-state index in [1.54, 1.807) is 6.07 Å². The normalized spacial score (nSPS) is 10.6. The van der Waals surface area contributed by atoms with Crippen molar-refractivity contribution < 1.29 is 9.18 Å². The van der Waals surface area contributed by atoms with Crippen molar-refractivity contribution in [2.24, 2.45) is 0 Å². The van der Waals surface area contributed by atoms with E-state index in [0.29, 0.717) is 12.0 Å². The number of benzene rings is 1. The number of ketones is 1. The van der Waals surface area contributed by atoms with Crippen LogP contribution in [0.1, 0.15) is 16.3 Å². The molecule has 0 spiro atoms. The van der Waals surface area contributed by atoms with Crippen LogP contribution in [0.2, 0.25) is 0 Å². The highest BCUT2D eigenvalue weighted by Crippen LogP contribution is 2.19. The predicted molar refractivity (Wildman–Crippen MR) is 73.4 cm³/mol. The van der Waals surface area contributed by atoms with Gasteiger partial charge >= 0.3 is 0 Å². The molecule has 1 aromatic carbocycles. The molecule has 0 fully saturated rings. The van der Waals surface area contributed by atoms with E-state index in [9.17, 15) is 9.18 Å². The van der Waals surface area contributed by atoms with Crippen LogP contribution in [0.15, 0.2) is 28.1 Å². The lowest BCUT2D eigenvalue weighted by Gasteiger charge is -2.03. The van der Waals surface area contributed by atoms with E-state index >= 15 is 0 Å². The van der Waals surface area contributed by atoms with E-state index in [4.69, 9.17) is 0 Å². The van der Waals surface area contributed by atoms with Gasteiger partial charge < -0.3 is 0 Å². The fourth-order valence-corrected chi connectivity index (χ4v) is 2.79. The molecule has 0 radical (unpaired) electrons. The van der Waals surface area contributed by atoms with Gasteiger partial charge in [0.15, 0.2) is 0 Å². The maximum Gasteiger partial charge on any atom is 0.144 e. The maximum absolute atomic E-state index is 13.1. The summed E-state index contributed by atoms with van der Waals surface area (Å²) < 4.78 is 13.8. The summed E-state index contributed by atoms with van der Waals surface area (Å²) in [5.41, 5.74) is 1.60. The summed E-state index contributed by atoms with van der Waals surface area (Å²) in [6.45, 7) is 1.90. The highest BCUT2D eigenvalue weighted by atomic mass is 79.9. The molecular weight excluding hydrogens is 317 g/mol. The van der Waals surface area contributed by atoms with Gasteiger partial charge in [0.25, 0.3) is 0 Å². The molecule has 1 aromatic heterocycles. The molecule has 0 N–H and O–H groups in total. The molecule has 0 aliphatic heterocycles. The Morgan fingerprint density at radius 1 is 1.44 bits per heavy atom. The number of thiazole rings is 1. The third-order valence-corrected chi connectivity index (χ3v) is 4.15. The van der Waals surface area contributed by atoms with E-state index < -0.39 is 0 Å². The molecule has 1 heterocycles. The lowest BCUT2D eigenvalue weighted by molar-refractivity contribution is -0.117. The number of carbonyl (C=O) groups excluding carboxylic acids is 1. The largest absolute Gasteiger partial charge is 0.299 e. The van der Waals surface area contributed by atoms with Crippen LogP contribution in [0.5, 0.6) is 0 Å². The van der Waals surface area contributed by atoms with Gasteiger partial charge in [-0.15, -0.1) is 11.3 Å². The molecule has 2 rings (SSSR count). The van der Waals surface area contributed by atoms with Crippen molar-refractivity contribution in [3.05, 3.63) is 50.1 Å². The molecule has 2 aromatic rings. The van der Waals surface area contributed by atoms with Crippen LogP contribution in [0.4, 0.5) is 4.39 Å². The average Bonchev–Trinajstić information content (AvgIpc) is 2.69. The minimum atomic E-state index is -0.328. The highest BCUT2D eigenvalue weighted by Gasteiger charge is 2.10. The number of hydrogen-bond acceptors (Lipinski definition) is 3. The molecule has 18 heavy (non-hydrogen) atoms. The zero-order chi connectivity index (χ0) is 13.1. The number of halogens is 2. The summed E-state index contributed by atoms with van der Waals surface area (Å²) in [4.78, 5) is 16.1. The summed E-state index contributed by atoms with van der Waals surface area (Å²) in [6, 6.07) is 4.36. The second kappa shape index (κ2) is 5.71. The monoisotopic (exact) mass is 327 g/mol. The quantitative estimate of drug-likeness (QED) is 0.856. The summed E-state index contributed by atoms with van der Waals surface area (Å²) in [5.74, 6) is -0.290. The van der Waals surface area contributed by atoms with Crippen LogP contribution in [0.25, 0.3) is 0 Å². The van der Waals surface area contributed by atoms with Crippen molar-refractivity contribution in [2.45, 2.75) is 19.8 Å². The first-order chi connectivity index (χ1) is 8.54. The minimum Gasteiger partial charge on any atom is -0.299 e. The Balaban J connectivity index is 2.05. The Labute approximate surface area is 117 Å². The van der Waals surface area contributed by atoms with Crippen molar-refractivity contribution >= 4 is 33.0 Å². The van der Waals surface area contributed by atoms with E-state index in [1.807, 2.05) is 12.3 Å². The molecule has 0 saturated carbocycles. The van der Waals surface area contributed by atoms with Gasteiger partial charge in [0.05, 0.1) is 6.42 Å². The van der Waals surface area contributed by atoms with Crippen LogP contribution in [0, 0.1) is 12.7 Å². The van der Waals surface area contributed by atoms with Crippen molar-refractivity contribution in [1.82, 2.24) is 4.98 Å². The van der Waals surface area contributed by atoms with Gasteiger partial charge in [0.1, 0.15) is 16.6 Å². The topological polar surface area (TPSA) is 30.0 Å². The van der Waals surface area contributed by atoms with Gasteiger partial charge in [0, 0.05) is 22.0 Å². The molecule has 2 nitrogen and oxygen atoms in total. The number of aryl methyl sites for hydroxylation is 1. The van der Waals surface area contributed by atoms with Crippen LogP contribution < -0.4 is 0 Å². The van der Waals surface area contributed by atoms with Gasteiger partial charge in [-0.3, -0.25) is 4.79 Å². The molecule has 0 bridgehead atoms. The van der Waals surface area contributed by atoms with Crippen molar-refractivity contribution in [1.29, 1.82) is 0 Å². The molecule has 94 valence electrons. The standard InChI is InChI=1S/C13H11BrFNOS/c1-8-7-18-13(16-8)6-11(17)5-9-4-10(15)2-3-12(9)14/h2-4,7H,5-6H2,1H3. The Hall–Kier alpha value is -1.07. The minimum absolute atomic E-state index is 0.0376. The number of hydrogen-bond donors (Lipinski definition) is 0. The molecular formula is C13H11BrFNOS. The molecule has 0 atom stereocenters.